The lowest BCUT2D eigenvalue weighted by Crippen LogP contribution is -2.20. The molecule has 7 heteroatoms. The summed E-state index contributed by atoms with van der Waals surface area (Å²) < 4.78 is 7.66. The van der Waals surface area contributed by atoms with Gasteiger partial charge in [0.05, 0.1) is 11.4 Å². The van der Waals surface area contributed by atoms with Crippen LogP contribution in [-0.4, -0.2) is 33.6 Å². The van der Waals surface area contributed by atoms with E-state index in [2.05, 4.69) is 14.9 Å². The maximum atomic E-state index is 12.4. The highest BCUT2D eigenvalue weighted by atomic mass is 32.2. The van der Waals surface area contributed by atoms with Crippen molar-refractivity contribution in [3.63, 3.8) is 0 Å². The number of ether oxygens (including phenoxy) is 1. The van der Waals surface area contributed by atoms with Gasteiger partial charge in [0, 0.05) is 29.6 Å². The van der Waals surface area contributed by atoms with Gasteiger partial charge in [0.25, 0.3) is 5.91 Å². The number of fused-ring (bicyclic) bond motifs is 1. The monoisotopic (exact) mass is 393 g/mol. The molecule has 0 spiro atoms. The van der Waals surface area contributed by atoms with Crippen LogP contribution < -0.4 is 10.1 Å². The second-order valence-electron chi connectivity index (χ2n) is 6.41. The number of Topliss-reactive ketones (excluding diaryl/α,β-unsaturated/α-hetero) is 1. The standard InChI is InChI=1S/C21H19N3O3S/c1-14(25)15-6-8-16(9-7-15)27-13-20(26)22-18-5-3-2-4-17(18)19-12-24-10-11-28-21(24)23-19/h2-9,12H,10-11,13H2,1H3,(H,22,26). The summed E-state index contributed by atoms with van der Waals surface area (Å²) in [6.07, 6.45) is 2.02. The van der Waals surface area contributed by atoms with Crippen LogP contribution in [0.1, 0.15) is 17.3 Å². The first-order valence-corrected chi connectivity index (χ1v) is 9.92. The number of aromatic nitrogens is 2. The van der Waals surface area contributed by atoms with Crippen LogP contribution in [0.15, 0.2) is 59.9 Å². The summed E-state index contributed by atoms with van der Waals surface area (Å²) in [5, 5.41) is 3.91. The fourth-order valence-corrected chi connectivity index (χ4v) is 3.92. The van der Waals surface area contributed by atoms with Gasteiger partial charge >= 0.3 is 0 Å². The molecular weight excluding hydrogens is 374 g/mol. The SMILES string of the molecule is CC(=O)c1ccc(OCC(=O)Nc2ccccc2-c2cn3c(n2)SCC3)cc1. The molecular formula is C21H19N3O3S. The second kappa shape index (κ2) is 7.90. The van der Waals surface area contributed by atoms with Gasteiger partial charge in [-0.2, -0.15) is 0 Å². The average Bonchev–Trinajstić information content (AvgIpc) is 3.29. The third-order valence-corrected chi connectivity index (χ3v) is 5.38. The van der Waals surface area contributed by atoms with E-state index in [0.29, 0.717) is 17.0 Å². The summed E-state index contributed by atoms with van der Waals surface area (Å²) in [6.45, 7) is 2.34. The molecule has 0 fully saturated rings. The minimum Gasteiger partial charge on any atom is -0.484 e. The summed E-state index contributed by atoms with van der Waals surface area (Å²) in [7, 11) is 0. The van der Waals surface area contributed by atoms with Gasteiger partial charge in [0.2, 0.25) is 0 Å². The van der Waals surface area contributed by atoms with Crippen LogP contribution in [0.4, 0.5) is 5.69 Å². The van der Waals surface area contributed by atoms with Gasteiger partial charge in [-0.3, -0.25) is 9.59 Å². The maximum Gasteiger partial charge on any atom is 0.262 e. The highest BCUT2D eigenvalue weighted by Crippen LogP contribution is 2.32. The highest BCUT2D eigenvalue weighted by Gasteiger charge is 2.17. The molecule has 1 aromatic heterocycles. The van der Waals surface area contributed by atoms with Gasteiger partial charge in [-0.25, -0.2) is 4.98 Å². The minimum absolute atomic E-state index is 0.00967. The molecule has 28 heavy (non-hydrogen) atoms. The van der Waals surface area contributed by atoms with Crippen molar-refractivity contribution in [1.82, 2.24) is 9.55 Å². The number of rotatable bonds is 6. The Balaban J connectivity index is 1.42. The van der Waals surface area contributed by atoms with E-state index in [0.717, 1.165) is 28.7 Å². The number of hydrogen-bond donors (Lipinski definition) is 1. The van der Waals surface area contributed by atoms with Crippen LogP contribution in [0.5, 0.6) is 5.75 Å². The first-order chi connectivity index (χ1) is 13.6. The number of para-hydroxylation sites is 1. The van der Waals surface area contributed by atoms with Gasteiger partial charge in [0.1, 0.15) is 5.75 Å². The number of thioether (sulfide) groups is 1. The van der Waals surface area contributed by atoms with Crippen molar-refractivity contribution in [3.05, 3.63) is 60.3 Å². The van der Waals surface area contributed by atoms with E-state index in [4.69, 9.17) is 4.74 Å². The largest absolute Gasteiger partial charge is 0.484 e. The van der Waals surface area contributed by atoms with E-state index in [-0.39, 0.29) is 18.3 Å². The normalized spacial score (nSPS) is 12.5. The lowest BCUT2D eigenvalue weighted by Gasteiger charge is -2.11. The van der Waals surface area contributed by atoms with Crippen molar-refractivity contribution >= 4 is 29.1 Å². The quantitative estimate of drug-likeness (QED) is 0.644. The van der Waals surface area contributed by atoms with Gasteiger partial charge < -0.3 is 14.6 Å². The fraction of sp³-hybridized carbons (Fsp3) is 0.190. The number of imidazole rings is 1. The minimum atomic E-state index is -0.260. The van der Waals surface area contributed by atoms with Crippen LogP contribution in [0.2, 0.25) is 0 Å². The molecule has 0 bridgehead atoms. The zero-order valence-corrected chi connectivity index (χ0v) is 16.2. The Morgan fingerprint density at radius 3 is 2.71 bits per heavy atom. The van der Waals surface area contributed by atoms with Crippen molar-refractivity contribution in [2.75, 3.05) is 17.7 Å². The molecule has 6 nitrogen and oxygen atoms in total. The molecule has 4 rings (SSSR count). The number of carbonyl (C=O) groups is 2. The molecule has 0 radical (unpaired) electrons. The molecule has 2 heterocycles. The fourth-order valence-electron chi connectivity index (χ4n) is 2.98. The van der Waals surface area contributed by atoms with E-state index < -0.39 is 0 Å². The third-order valence-electron chi connectivity index (χ3n) is 4.41. The molecule has 0 saturated carbocycles. The Bertz CT molecular complexity index is 1010. The van der Waals surface area contributed by atoms with Crippen LogP contribution in [-0.2, 0) is 11.3 Å². The summed E-state index contributed by atoms with van der Waals surface area (Å²) in [6, 6.07) is 14.3. The average molecular weight is 393 g/mol. The van der Waals surface area contributed by atoms with Crippen molar-refractivity contribution in [3.8, 4) is 17.0 Å². The Kier molecular flexibility index (Phi) is 5.16. The molecule has 1 amide bonds. The molecule has 2 aromatic carbocycles. The van der Waals surface area contributed by atoms with Crippen molar-refractivity contribution in [2.45, 2.75) is 18.6 Å². The van der Waals surface area contributed by atoms with Crippen LogP contribution in [0, 0.1) is 0 Å². The molecule has 3 aromatic rings. The van der Waals surface area contributed by atoms with Gasteiger partial charge in [-0.15, -0.1) is 0 Å². The number of benzene rings is 2. The summed E-state index contributed by atoms with van der Waals surface area (Å²) in [5.41, 5.74) is 3.03. The summed E-state index contributed by atoms with van der Waals surface area (Å²) in [5.74, 6) is 1.32. The number of carbonyl (C=O) groups excluding carboxylic acids is 2. The number of nitrogens with zero attached hydrogens (tertiary/aromatic N) is 2. The number of aryl methyl sites for hydroxylation is 1. The third kappa shape index (κ3) is 3.94. The molecule has 0 atom stereocenters. The van der Waals surface area contributed by atoms with Gasteiger partial charge in [-0.05, 0) is 37.3 Å². The van der Waals surface area contributed by atoms with E-state index in [1.165, 1.54) is 6.92 Å². The lowest BCUT2D eigenvalue weighted by atomic mass is 10.1. The molecule has 0 unspecified atom stereocenters. The van der Waals surface area contributed by atoms with Crippen LogP contribution in [0.3, 0.4) is 0 Å². The number of anilines is 1. The highest BCUT2D eigenvalue weighted by molar-refractivity contribution is 7.99. The number of nitrogens with one attached hydrogen (secondary N) is 1. The molecule has 1 aliphatic rings. The Labute approximate surface area is 166 Å². The van der Waals surface area contributed by atoms with Gasteiger partial charge in [0.15, 0.2) is 17.5 Å². The molecule has 1 aliphatic heterocycles. The summed E-state index contributed by atoms with van der Waals surface area (Å²) in [4.78, 5) is 28.3. The van der Waals surface area contributed by atoms with E-state index >= 15 is 0 Å². The molecule has 142 valence electrons. The van der Waals surface area contributed by atoms with Gasteiger partial charge in [-0.1, -0.05) is 30.0 Å². The number of amides is 1. The smallest absolute Gasteiger partial charge is 0.262 e. The maximum absolute atomic E-state index is 12.4. The zero-order valence-electron chi connectivity index (χ0n) is 15.3. The lowest BCUT2D eigenvalue weighted by molar-refractivity contribution is -0.118. The zero-order chi connectivity index (χ0) is 19.5. The van der Waals surface area contributed by atoms with Crippen molar-refractivity contribution in [1.29, 1.82) is 0 Å². The Morgan fingerprint density at radius 2 is 1.96 bits per heavy atom. The van der Waals surface area contributed by atoms with E-state index in [1.807, 2.05) is 30.5 Å². The van der Waals surface area contributed by atoms with Crippen molar-refractivity contribution in [2.24, 2.45) is 0 Å². The van der Waals surface area contributed by atoms with E-state index in [9.17, 15) is 9.59 Å². The Morgan fingerprint density at radius 1 is 1.18 bits per heavy atom. The molecule has 1 N–H and O–H groups in total. The molecule has 0 saturated heterocycles. The first kappa shape index (κ1) is 18.3. The first-order valence-electron chi connectivity index (χ1n) is 8.93. The van der Waals surface area contributed by atoms with E-state index in [1.54, 1.807) is 36.0 Å². The molecule has 0 aliphatic carbocycles. The topological polar surface area (TPSA) is 73.2 Å². The summed E-state index contributed by atoms with van der Waals surface area (Å²) >= 11 is 1.73. The predicted molar refractivity (Wildman–Crippen MR) is 109 cm³/mol. The van der Waals surface area contributed by atoms with Crippen LogP contribution in [0.25, 0.3) is 11.3 Å². The predicted octanol–water partition coefficient (Wildman–Crippen LogP) is 3.88. The van der Waals surface area contributed by atoms with Crippen LogP contribution >= 0.6 is 11.8 Å². The number of hydrogen-bond acceptors (Lipinski definition) is 5. The Hall–Kier alpha value is -3.06. The number of ketones is 1. The van der Waals surface area contributed by atoms with Crippen molar-refractivity contribution < 1.29 is 14.3 Å². The second-order valence-corrected chi connectivity index (χ2v) is 7.48.